The van der Waals surface area contributed by atoms with Gasteiger partial charge in [-0.1, -0.05) is 38.1 Å². The van der Waals surface area contributed by atoms with Gasteiger partial charge in [-0.2, -0.15) is 0 Å². The molecule has 1 saturated heterocycles. The zero-order valence-corrected chi connectivity index (χ0v) is 13.9. The summed E-state index contributed by atoms with van der Waals surface area (Å²) in [6.45, 7) is 6.66. The second-order valence-electron chi connectivity index (χ2n) is 6.25. The fourth-order valence-corrected chi connectivity index (χ4v) is 2.75. The molecule has 1 atom stereocenters. The number of nitrogens with zero attached hydrogens (tertiary/aromatic N) is 1. The molecule has 1 amide bonds. The highest BCUT2D eigenvalue weighted by Crippen LogP contribution is 2.28. The highest BCUT2D eigenvalue weighted by molar-refractivity contribution is 5.85. The van der Waals surface area contributed by atoms with Gasteiger partial charge in [0.15, 0.2) is 0 Å². The van der Waals surface area contributed by atoms with Crippen LogP contribution in [-0.2, 0) is 17.6 Å². The number of amides is 1. The quantitative estimate of drug-likeness (QED) is 0.909. The van der Waals surface area contributed by atoms with E-state index in [1.54, 1.807) is 0 Å². The molecule has 4 heteroatoms. The molecule has 21 heavy (non-hydrogen) atoms. The minimum atomic E-state index is 0. The van der Waals surface area contributed by atoms with Crippen molar-refractivity contribution >= 4 is 18.3 Å². The molecule has 1 heterocycles. The minimum Gasteiger partial charge on any atom is -0.342 e. The van der Waals surface area contributed by atoms with E-state index in [0.29, 0.717) is 13.0 Å². The van der Waals surface area contributed by atoms with Crippen LogP contribution in [-0.4, -0.2) is 30.4 Å². The largest absolute Gasteiger partial charge is 0.342 e. The lowest BCUT2D eigenvalue weighted by Gasteiger charge is -2.22. The number of hydrogen-bond donors (Lipinski definition) is 1. The van der Waals surface area contributed by atoms with Gasteiger partial charge in [0.25, 0.3) is 0 Å². The van der Waals surface area contributed by atoms with Gasteiger partial charge in [-0.15, -0.1) is 12.4 Å². The zero-order chi connectivity index (χ0) is 14.6. The SMILES string of the molecule is CCc1ccc(CCC(=O)N2CCC(C)(CN)C2)cc1.Cl. The number of rotatable bonds is 5. The average molecular weight is 311 g/mol. The summed E-state index contributed by atoms with van der Waals surface area (Å²) in [6, 6.07) is 8.59. The van der Waals surface area contributed by atoms with Gasteiger partial charge in [0.2, 0.25) is 5.91 Å². The van der Waals surface area contributed by atoms with Gasteiger partial charge < -0.3 is 10.6 Å². The Balaban J connectivity index is 0.00000220. The molecular formula is C17H27ClN2O. The molecule has 1 aliphatic rings. The van der Waals surface area contributed by atoms with Gasteiger partial charge >= 0.3 is 0 Å². The second kappa shape index (κ2) is 7.81. The highest BCUT2D eigenvalue weighted by atomic mass is 35.5. The molecule has 0 saturated carbocycles. The summed E-state index contributed by atoms with van der Waals surface area (Å²) >= 11 is 0. The Morgan fingerprint density at radius 3 is 2.43 bits per heavy atom. The van der Waals surface area contributed by atoms with Crippen molar-refractivity contribution in [1.29, 1.82) is 0 Å². The predicted molar refractivity (Wildman–Crippen MR) is 89.7 cm³/mol. The van der Waals surface area contributed by atoms with E-state index in [1.165, 1.54) is 11.1 Å². The summed E-state index contributed by atoms with van der Waals surface area (Å²) in [4.78, 5) is 14.2. The maximum Gasteiger partial charge on any atom is 0.222 e. The predicted octanol–water partition coefficient (Wildman–Crippen LogP) is 2.80. The van der Waals surface area contributed by atoms with Crippen molar-refractivity contribution in [2.24, 2.45) is 11.1 Å². The van der Waals surface area contributed by atoms with Gasteiger partial charge in [-0.3, -0.25) is 4.79 Å². The molecule has 2 N–H and O–H groups in total. The average Bonchev–Trinajstić information content (AvgIpc) is 2.89. The van der Waals surface area contributed by atoms with Crippen molar-refractivity contribution in [3.63, 3.8) is 0 Å². The van der Waals surface area contributed by atoms with Crippen LogP contribution in [0.4, 0.5) is 0 Å². The number of hydrogen-bond acceptors (Lipinski definition) is 2. The number of likely N-dealkylation sites (tertiary alicyclic amines) is 1. The summed E-state index contributed by atoms with van der Waals surface area (Å²) in [5.41, 5.74) is 8.50. The molecule has 0 aromatic heterocycles. The molecule has 3 nitrogen and oxygen atoms in total. The Kier molecular flexibility index (Phi) is 6.69. The van der Waals surface area contributed by atoms with Crippen LogP contribution in [0.3, 0.4) is 0 Å². The van der Waals surface area contributed by atoms with Gasteiger partial charge in [0, 0.05) is 19.5 Å². The van der Waals surface area contributed by atoms with Gasteiger partial charge in [0.1, 0.15) is 0 Å². The maximum absolute atomic E-state index is 12.2. The van der Waals surface area contributed by atoms with Crippen LogP contribution in [0.1, 0.15) is 37.8 Å². The summed E-state index contributed by atoms with van der Waals surface area (Å²) in [5, 5.41) is 0. The van der Waals surface area contributed by atoms with Crippen LogP contribution in [0.15, 0.2) is 24.3 Å². The first-order chi connectivity index (χ1) is 9.56. The van der Waals surface area contributed by atoms with Crippen molar-refractivity contribution in [3.05, 3.63) is 35.4 Å². The lowest BCUT2D eigenvalue weighted by atomic mass is 9.90. The maximum atomic E-state index is 12.2. The molecule has 1 aromatic carbocycles. The van der Waals surface area contributed by atoms with Crippen LogP contribution in [0.2, 0.25) is 0 Å². The second-order valence-corrected chi connectivity index (χ2v) is 6.25. The summed E-state index contributed by atoms with van der Waals surface area (Å²) < 4.78 is 0. The first kappa shape index (κ1) is 18.0. The Labute approximate surface area is 134 Å². The minimum absolute atomic E-state index is 0. The normalized spacial score (nSPS) is 21.2. The molecule has 1 unspecified atom stereocenters. The summed E-state index contributed by atoms with van der Waals surface area (Å²) in [6.07, 6.45) is 3.52. The highest BCUT2D eigenvalue weighted by Gasteiger charge is 2.34. The van der Waals surface area contributed by atoms with Gasteiger partial charge in [0.05, 0.1) is 0 Å². The molecule has 1 aliphatic heterocycles. The van der Waals surface area contributed by atoms with E-state index in [4.69, 9.17) is 5.73 Å². The first-order valence-electron chi connectivity index (χ1n) is 7.62. The van der Waals surface area contributed by atoms with Crippen molar-refractivity contribution in [2.75, 3.05) is 19.6 Å². The molecule has 0 bridgehead atoms. The van der Waals surface area contributed by atoms with Crippen LogP contribution >= 0.6 is 12.4 Å². The molecule has 0 spiro atoms. The van der Waals surface area contributed by atoms with E-state index in [0.717, 1.165) is 32.4 Å². The van der Waals surface area contributed by atoms with Crippen molar-refractivity contribution in [3.8, 4) is 0 Å². The van der Waals surface area contributed by atoms with E-state index in [9.17, 15) is 4.79 Å². The molecule has 2 rings (SSSR count). The van der Waals surface area contributed by atoms with E-state index < -0.39 is 0 Å². The third-order valence-corrected chi connectivity index (χ3v) is 4.46. The summed E-state index contributed by atoms with van der Waals surface area (Å²) in [5.74, 6) is 0.266. The van der Waals surface area contributed by atoms with Gasteiger partial charge in [-0.25, -0.2) is 0 Å². The standard InChI is InChI=1S/C17H26N2O.ClH/c1-3-14-4-6-15(7-5-14)8-9-16(20)19-11-10-17(2,12-18)13-19;/h4-7H,3,8-13,18H2,1-2H3;1H. The Hall–Kier alpha value is -1.06. The first-order valence-corrected chi connectivity index (χ1v) is 7.62. The third-order valence-electron chi connectivity index (χ3n) is 4.46. The van der Waals surface area contributed by atoms with Crippen LogP contribution < -0.4 is 5.73 Å². The number of nitrogens with two attached hydrogens (primary N) is 1. The van der Waals surface area contributed by atoms with E-state index in [1.807, 2.05) is 4.90 Å². The molecular weight excluding hydrogens is 284 g/mol. The van der Waals surface area contributed by atoms with Crippen molar-refractivity contribution < 1.29 is 4.79 Å². The van der Waals surface area contributed by atoms with Crippen molar-refractivity contribution in [2.45, 2.75) is 39.5 Å². The van der Waals surface area contributed by atoms with E-state index >= 15 is 0 Å². The zero-order valence-electron chi connectivity index (χ0n) is 13.1. The molecule has 1 fully saturated rings. The summed E-state index contributed by atoms with van der Waals surface area (Å²) in [7, 11) is 0. The Bertz CT molecular complexity index is 460. The number of carbonyl (C=O) groups is 1. The Morgan fingerprint density at radius 1 is 1.29 bits per heavy atom. The number of benzene rings is 1. The molecule has 0 aliphatic carbocycles. The third kappa shape index (κ3) is 4.72. The lowest BCUT2D eigenvalue weighted by Crippen LogP contribution is -2.34. The topological polar surface area (TPSA) is 46.3 Å². The van der Waals surface area contributed by atoms with Crippen LogP contribution in [0.25, 0.3) is 0 Å². The fourth-order valence-electron chi connectivity index (χ4n) is 2.75. The number of aryl methyl sites for hydroxylation is 2. The van der Waals surface area contributed by atoms with Crippen LogP contribution in [0.5, 0.6) is 0 Å². The van der Waals surface area contributed by atoms with E-state index in [2.05, 4.69) is 38.1 Å². The Morgan fingerprint density at radius 2 is 1.90 bits per heavy atom. The molecule has 1 aromatic rings. The smallest absolute Gasteiger partial charge is 0.222 e. The van der Waals surface area contributed by atoms with Gasteiger partial charge in [-0.05, 0) is 42.3 Å². The number of carbonyl (C=O) groups excluding carboxylic acids is 1. The van der Waals surface area contributed by atoms with Crippen LogP contribution in [0, 0.1) is 5.41 Å². The van der Waals surface area contributed by atoms with Crippen molar-refractivity contribution in [1.82, 2.24) is 4.90 Å². The van der Waals surface area contributed by atoms with E-state index in [-0.39, 0.29) is 23.7 Å². The number of halogens is 1. The molecule has 0 radical (unpaired) electrons. The lowest BCUT2D eigenvalue weighted by molar-refractivity contribution is -0.130. The monoisotopic (exact) mass is 310 g/mol. The fraction of sp³-hybridized carbons (Fsp3) is 0.588. The molecule has 118 valence electrons.